The molecular formula is C22H28N2O3. The average Bonchev–Trinajstić information content (AvgIpc) is 2.94. The van der Waals surface area contributed by atoms with Crippen LogP contribution in [0.2, 0.25) is 0 Å². The number of hydrogen-bond donors (Lipinski definition) is 1. The lowest BCUT2D eigenvalue weighted by Gasteiger charge is -2.52. The summed E-state index contributed by atoms with van der Waals surface area (Å²) < 4.78 is 11.6. The minimum absolute atomic E-state index is 0.0462. The van der Waals surface area contributed by atoms with Crippen LogP contribution in [0.25, 0.3) is 0 Å². The summed E-state index contributed by atoms with van der Waals surface area (Å²) in [5.41, 5.74) is 4.30. The Balaban J connectivity index is 1.88. The van der Waals surface area contributed by atoms with Crippen LogP contribution in [0.1, 0.15) is 62.6 Å². The van der Waals surface area contributed by atoms with E-state index in [2.05, 4.69) is 38.2 Å². The van der Waals surface area contributed by atoms with Gasteiger partial charge in [-0.05, 0) is 42.0 Å². The maximum absolute atomic E-state index is 11.6. The summed E-state index contributed by atoms with van der Waals surface area (Å²) >= 11 is 0. The van der Waals surface area contributed by atoms with E-state index in [1.54, 1.807) is 7.11 Å². The van der Waals surface area contributed by atoms with Crippen molar-refractivity contribution in [3.63, 3.8) is 0 Å². The third kappa shape index (κ3) is 2.59. The van der Waals surface area contributed by atoms with Gasteiger partial charge < -0.3 is 14.5 Å². The molecular weight excluding hydrogens is 340 g/mol. The molecule has 4 rings (SSSR count). The van der Waals surface area contributed by atoms with Crippen molar-refractivity contribution in [1.29, 1.82) is 0 Å². The van der Waals surface area contributed by atoms with E-state index in [1.165, 1.54) is 18.1 Å². The third-order valence-corrected chi connectivity index (χ3v) is 6.62. The predicted molar refractivity (Wildman–Crippen MR) is 104 cm³/mol. The van der Waals surface area contributed by atoms with Crippen LogP contribution in [0.5, 0.6) is 5.75 Å². The Morgan fingerprint density at radius 1 is 1.33 bits per heavy atom. The molecule has 2 aromatic rings. The van der Waals surface area contributed by atoms with E-state index in [1.807, 2.05) is 6.92 Å². The average molecular weight is 368 g/mol. The van der Waals surface area contributed by atoms with Gasteiger partial charge in [-0.3, -0.25) is 4.79 Å². The second-order valence-electron chi connectivity index (χ2n) is 8.81. The minimum atomic E-state index is -0.0883. The molecule has 0 fully saturated rings. The van der Waals surface area contributed by atoms with Gasteiger partial charge in [-0.25, -0.2) is 4.98 Å². The molecule has 0 saturated heterocycles. The number of anilines is 1. The third-order valence-electron chi connectivity index (χ3n) is 6.62. The van der Waals surface area contributed by atoms with E-state index >= 15 is 0 Å². The number of carbonyl (C=O) groups is 1. The number of nitrogens with zero attached hydrogens (tertiary/aromatic N) is 1. The van der Waals surface area contributed by atoms with Gasteiger partial charge in [-0.2, -0.15) is 0 Å². The first kappa shape index (κ1) is 18.1. The zero-order chi connectivity index (χ0) is 19.6. The molecule has 5 nitrogen and oxygen atoms in total. The quantitative estimate of drug-likeness (QED) is 0.858. The van der Waals surface area contributed by atoms with Crippen molar-refractivity contribution in [3.8, 4) is 5.75 Å². The van der Waals surface area contributed by atoms with Gasteiger partial charge in [0, 0.05) is 31.1 Å². The van der Waals surface area contributed by atoms with Gasteiger partial charge in [0.25, 0.3) is 0 Å². The van der Waals surface area contributed by atoms with Gasteiger partial charge in [0.05, 0.1) is 18.5 Å². The van der Waals surface area contributed by atoms with Crippen LogP contribution in [-0.2, 0) is 28.5 Å². The monoisotopic (exact) mass is 368 g/mol. The number of oxazole rings is 1. The summed E-state index contributed by atoms with van der Waals surface area (Å²) in [6.07, 6.45) is 2.93. The summed E-state index contributed by atoms with van der Waals surface area (Å²) in [7, 11) is 1.65. The van der Waals surface area contributed by atoms with Crippen LogP contribution >= 0.6 is 0 Å². The van der Waals surface area contributed by atoms with Crippen LogP contribution in [-0.4, -0.2) is 18.0 Å². The first-order valence-electron chi connectivity index (χ1n) is 9.62. The van der Waals surface area contributed by atoms with Crippen molar-refractivity contribution in [1.82, 2.24) is 4.98 Å². The maximum Gasteiger partial charge on any atom is 0.221 e. The molecule has 2 aliphatic carbocycles. The first-order chi connectivity index (χ1) is 12.7. The molecule has 0 radical (unpaired) electrons. The molecule has 1 N–H and O–H groups in total. The summed E-state index contributed by atoms with van der Waals surface area (Å²) in [6, 6.07) is 4.22. The van der Waals surface area contributed by atoms with E-state index in [0.29, 0.717) is 11.7 Å². The molecule has 1 amide bonds. The summed E-state index contributed by atoms with van der Waals surface area (Å²) in [5.74, 6) is 2.87. The Labute approximate surface area is 160 Å². The van der Waals surface area contributed by atoms with Crippen molar-refractivity contribution in [3.05, 3.63) is 40.6 Å². The summed E-state index contributed by atoms with van der Waals surface area (Å²) in [5, 5.41) is 2.90. The molecule has 144 valence electrons. The highest BCUT2D eigenvalue weighted by molar-refractivity contribution is 5.90. The van der Waals surface area contributed by atoms with Crippen LogP contribution in [0.4, 0.5) is 5.69 Å². The number of ether oxygens (including phenoxy) is 1. The number of aromatic nitrogens is 1. The number of fused-ring (bicyclic) bond motifs is 4. The molecule has 5 heteroatoms. The highest BCUT2D eigenvalue weighted by Crippen LogP contribution is 2.57. The van der Waals surface area contributed by atoms with Crippen molar-refractivity contribution >= 4 is 11.6 Å². The lowest BCUT2D eigenvalue weighted by atomic mass is 9.51. The summed E-state index contributed by atoms with van der Waals surface area (Å²) in [4.78, 5) is 16.3. The molecule has 0 aliphatic heterocycles. The van der Waals surface area contributed by atoms with E-state index in [4.69, 9.17) is 14.1 Å². The van der Waals surface area contributed by atoms with Gasteiger partial charge >= 0.3 is 0 Å². The second kappa shape index (κ2) is 5.85. The van der Waals surface area contributed by atoms with Crippen LogP contribution in [0.15, 0.2) is 16.5 Å². The zero-order valence-electron chi connectivity index (χ0n) is 17.0. The lowest BCUT2D eigenvalue weighted by molar-refractivity contribution is -0.114. The second-order valence-corrected chi connectivity index (χ2v) is 8.81. The van der Waals surface area contributed by atoms with Crippen LogP contribution in [0.3, 0.4) is 0 Å². The van der Waals surface area contributed by atoms with E-state index in [0.717, 1.165) is 42.3 Å². The molecule has 0 bridgehead atoms. The van der Waals surface area contributed by atoms with E-state index < -0.39 is 0 Å². The number of rotatable bonds is 2. The molecule has 1 heterocycles. The first-order valence-corrected chi connectivity index (χ1v) is 9.62. The number of methoxy groups -OCH3 is 1. The van der Waals surface area contributed by atoms with Gasteiger partial charge in [-0.1, -0.05) is 20.8 Å². The highest BCUT2D eigenvalue weighted by Gasteiger charge is 2.54. The fourth-order valence-corrected chi connectivity index (χ4v) is 5.60. The van der Waals surface area contributed by atoms with Crippen molar-refractivity contribution in [2.24, 2.45) is 5.92 Å². The predicted octanol–water partition coefficient (Wildman–Crippen LogP) is 4.30. The Hall–Kier alpha value is -2.30. The highest BCUT2D eigenvalue weighted by atomic mass is 16.5. The number of benzene rings is 1. The molecule has 1 aromatic heterocycles. The SMILES string of the molecule is COc1cc2c(cc1NC(C)=O)CC[C@H]1C(C)(C)c3oc(C)nc3C[C@]21C. The maximum atomic E-state index is 11.6. The van der Waals surface area contributed by atoms with Crippen LogP contribution < -0.4 is 10.1 Å². The zero-order valence-corrected chi connectivity index (χ0v) is 17.0. The Kier molecular flexibility index (Phi) is 3.92. The number of nitrogens with one attached hydrogen (secondary N) is 1. The largest absolute Gasteiger partial charge is 0.495 e. The minimum Gasteiger partial charge on any atom is -0.495 e. The van der Waals surface area contributed by atoms with Gasteiger partial charge in [-0.15, -0.1) is 0 Å². The number of aryl methyl sites for hydroxylation is 2. The van der Waals surface area contributed by atoms with E-state index in [-0.39, 0.29) is 16.7 Å². The molecule has 27 heavy (non-hydrogen) atoms. The van der Waals surface area contributed by atoms with Crippen molar-refractivity contribution in [2.75, 3.05) is 12.4 Å². The number of amides is 1. The standard InChI is InChI=1S/C22H28N2O3/c1-12(25)23-16-9-14-7-8-19-21(3,4)20-17(24-13(2)27-20)11-22(19,5)15(14)10-18(16)26-6/h9-10,19H,7-8,11H2,1-6H3,(H,23,25)/t19-,22+/m0/s1. The van der Waals surface area contributed by atoms with Crippen molar-refractivity contribution in [2.45, 2.75) is 64.7 Å². The Morgan fingerprint density at radius 3 is 2.74 bits per heavy atom. The molecule has 2 aliphatic rings. The Morgan fingerprint density at radius 2 is 2.07 bits per heavy atom. The smallest absolute Gasteiger partial charge is 0.221 e. The molecule has 0 saturated carbocycles. The van der Waals surface area contributed by atoms with Gasteiger partial charge in [0.1, 0.15) is 11.5 Å². The number of hydrogen-bond acceptors (Lipinski definition) is 4. The van der Waals surface area contributed by atoms with E-state index in [9.17, 15) is 4.79 Å². The van der Waals surface area contributed by atoms with Gasteiger partial charge in [0.15, 0.2) is 5.89 Å². The lowest BCUT2D eigenvalue weighted by Crippen LogP contribution is -2.51. The summed E-state index contributed by atoms with van der Waals surface area (Å²) in [6.45, 7) is 10.4. The molecule has 0 spiro atoms. The molecule has 2 atom stereocenters. The topological polar surface area (TPSA) is 64.4 Å². The molecule has 1 aromatic carbocycles. The fraction of sp³-hybridized carbons (Fsp3) is 0.545. The van der Waals surface area contributed by atoms with Crippen LogP contribution in [0, 0.1) is 12.8 Å². The number of carbonyl (C=O) groups excluding carboxylic acids is 1. The Bertz CT molecular complexity index is 928. The molecule has 0 unspecified atom stereocenters. The van der Waals surface area contributed by atoms with Crippen molar-refractivity contribution < 1.29 is 13.9 Å². The normalized spacial score (nSPS) is 25.2. The fourth-order valence-electron chi connectivity index (χ4n) is 5.60. The van der Waals surface area contributed by atoms with Gasteiger partial charge in [0.2, 0.25) is 5.91 Å².